The summed E-state index contributed by atoms with van der Waals surface area (Å²) >= 11 is 0. The SMILES string of the molecule is CCC(=O)Nc1cccnc1-c1ccc(C(=O)NCCCc2ccccc2)cc1. The van der Waals surface area contributed by atoms with Crippen LogP contribution in [0.2, 0.25) is 0 Å². The van der Waals surface area contributed by atoms with Crippen molar-refractivity contribution in [2.24, 2.45) is 0 Å². The van der Waals surface area contributed by atoms with Crippen LogP contribution in [-0.2, 0) is 11.2 Å². The van der Waals surface area contributed by atoms with E-state index in [4.69, 9.17) is 0 Å². The maximum absolute atomic E-state index is 12.4. The molecule has 5 nitrogen and oxygen atoms in total. The second kappa shape index (κ2) is 10.2. The first-order valence-electron chi connectivity index (χ1n) is 9.85. The number of rotatable bonds is 8. The molecule has 2 aromatic carbocycles. The molecule has 0 fully saturated rings. The van der Waals surface area contributed by atoms with Gasteiger partial charge in [0, 0.05) is 30.3 Å². The van der Waals surface area contributed by atoms with Crippen LogP contribution in [0, 0.1) is 0 Å². The molecule has 29 heavy (non-hydrogen) atoms. The van der Waals surface area contributed by atoms with E-state index in [2.05, 4.69) is 27.8 Å². The Balaban J connectivity index is 1.58. The zero-order valence-corrected chi connectivity index (χ0v) is 16.5. The van der Waals surface area contributed by atoms with Gasteiger partial charge in [0.1, 0.15) is 0 Å². The standard InChI is InChI=1S/C24H25N3O2/c1-2-22(28)27-21-11-7-16-25-23(21)19-12-14-20(15-13-19)24(29)26-17-6-10-18-8-4-3-5-9-18/h3-5,7-9,11-16H,2,6,10,17H2,1H3,(H,26,29)(H,27,28). The van der Waals surface area contributed by atoms with E-state index in [-0.39, 0.29) is 11.8 Å². The van der Waals surface area contributed by atoms with E-state index in [0.29, 0.717) is 29.9 Å². The minimum absolute atomic E-state index is 0.0641. The van der Waals surface area contributed by atoms with Crippen molar-refractivity contribution in [1.82, 2.24) is 10.3 Å². The van der Waals surface area contributed by atoms with Crippen molar-refractivity contribution in [3.63, 3.8) is 0 Å². The molecule has 3 aromatic rings. The van der Waals surface area contributed by atoms with E-state index in [0.717, 1.165) is 18.4 Å². The van der Waals surface area contributed by atoms with Crippen LogP contribution < -0.4 is 10.6 Å². The molecule has 0 aliphatic heterocycles. The van der Waals surface area contributed by atoms with Crippen LogP contribution in [0.15, 0.2) is 72.9 Å². The van der Waals surface area contributed by atoms with Gasteiger partial charge in [0.2, 0.25) is 5.91 Å². The second-order valence-electron chi connectivity index (χ2n) is 6.72. The molecule has 0 spiro atoms. The topological polar surface area (TPSA) is 71.1 Å². The largest absolute Gasteiger partial charge is 0.352 e. The number of amides is 2. The Bertz CT molecular complexity index is 953. The Morgan fingerprint density at radius 3 is 2.41 bits per heavy atom. The monoisotopic (exact) mass is 387 g/mol. The number of nitrogens with zero attached hydrogens (tertiary/aromatic N) is 1. The summed E-state index contributed by atoms with van der Waals surface area (Å²) in [7, 11) is 0. The minimum Gasteiger partial charge on any atom is -0.352 e. The number of aryl methyl sites for hydroxylation is 1. The van der Waals surface area contributed by atoms with E-state index >= 15 is 0 Å². The van der Waals surface area contributed by atoms with Crippen LogP contribution in [0.25, 0.3) is 11.3 Å². The lowest BCUT2D eigenvalue weighted by Gasteiger charge is -2.10. The lowest BCUT2D eigenvalue weighted by Crippen LogP contribution is -2.24. The summed E-state index contributed by atoms with van der Waals surface area (Å²) < 4.78 is 0. The number of hydrogen-bond acceptors (Lipinski definition) is 3. The van der Waals surface area contributed by atoms with Gasteiger partial charge in [-0.05, 0) is 42.7 Å². The summed E-state index contributed by atoms with van der Waals surface area (Å²) in [6.07, 6.45) is 3.91. The summed E-state index contributed by atoms with van der Waals surface area (Å²) in [6, 6.07) is 21.1. The van der Waals surface area contributed by atoms with Crippen LogP contribution in [0.4, 0.5) is 5.69 Å². The number of carbonyl (C=O) groups is 2. The molecule has 0 aliphatic rings. The maximum Gasteiger partial charge on any atom is 0.251 e. The predicted octanol–water partition coefficient (Wildman–Crippen LogP) is 4.46. The van der Waals surface area contributed by atoms with Gasteiger partial charge in [-0.2, -0.15) is 0 Å². The summed E-state index contributed by atoms with van der Waals surface area (Å²) in [6.45, 7) is 2.43. The Morgan fingerprint density at radius 2 is 1.69 bits per heavy atom. The van der Waals surface area contributed by atoms with Crippen LogP contribution in [0.5, 0.6) is 0 Å². The van der Waals surface area contributed by atoms with Gasteiger partial charge >= 0.3 is 0 Å². The average molecular weight is 387 g/mol. The van der Waals surface area contributed by atoms with Crippen molar-refractivity contribution < 1.29 is 9.59 Å². The van der Waals surface area contributed by atoms with Crippen molar-refractivity contribution in [1.29, 1.82) is 0 Å². The smallest absolute Gasteiger partial charge is 0.251 e. The fourth-order valence-electron chi connectivity index (χ4n) is 3.00. The molecule has 5 heteroatoms. The van der Waals surface area contributed by atoms with Gasteiger partial charge in [0.05, 0.1) is 11.4 Å². The van der Waals surface area contributed by atoms with Crippen LogP contribution in [0.3, 0.4) is 0 Å². The second-order valence-corrected chi connectivity index (χ2v) is 6.72. The molecule has 2 amide bonds. The van der Waals surface area contributed by atoms with Crippen LogP contribution in [-0.4, -0.2) is 23.3 Å². The molecule has 0 bridgehead atoms. The Hall–Kier alpha value is -3.47. The van der Waals surface area contributed by atoms with Crippen molar-refractivity contribution >= 4 is 17.5 Å². The van der Waals surface area contributed by atoms with Gasteiger partial charge in [-0.25, -0.2) is 0 Å². The van der Waals surface area contributed by atoms with Crippen molar-refractivity contribution in [3.05, 3.63) is 84.1 Å². The summed E-state index contributed by atoms with van der Waals surface area (Å²) in [4.78, 5) is 28.5. The first kappa shape index (κ1) is 20.3. The van der Waals surface area contributed by atoms with Gasteiger partial charge in [0.25, 0.3) is 5.91 Å². The summed E-state index contributed by atoms with van der Waals surface area (Å²) in [5.74, 6) is -0.157. The van der Waals surface area contributed by atoms with Gasteiger partial charge < -0.3 is 10.6 Å². The first-order chi connectivity index (χ1) is 14.2. The molecule has 148 valence electrons. The molecule has 3 rings (SSSR count). The van der Waals surface area contributed by atoms with Crippen molar-refractivity contribution in [2.45, 2.75) is 26.2 Å². The number of pyridine rings is 1. The molecule has 0 unspecified atom stereocenters. The van der Waals surface area contributed by atoms with Crippen molar-refractivity contribution in [2.75, 3.05) is 11.9 Å². The molecule has 0 radical (unpaired) electrons. The summed E-state index contributed by atoms with van der Waals surface area (Å²) in [5, 5.41) is 5.83. The van der Waals surface area contributed by atoms with E-state index in [9.17, 15) is 9.59 Å². The van der Waals surface area contributed by atoms with Gasteiger partial charge in [-0.3, -0.25) is 14.6 Å². The fraction of sp³-hybridized carbons (Fsp3) is 0.208. The van der Waals surface area contributed by atoms with Gasteiger partial charge in [0.15, 0.2) is 0 Å². The third kappa shape index (κ3) is 5.75. The summed E-state index contributed by atoms with van der Waals surface area (Å²) in [5.41, 5.74) is 4.06. The number of nitrogens with one attached hydrogen (secondary N) is 2. The fourth-order valence-corrected chi connectivity index (χ4v) is 3.00. The molecule has 0 atom stereocenters. The van der Waals surface area contributed by atoms with Crippen molar-refractivity contribution in [3.8, 4) is 11.3 Å². The first-order valence-corrected chi connectivity index (χ1v) is 9.85. The third-order valence-corrected chi connectivity index (χ3v) is 4.59. The minimum atomic E-state index is -0.0925. The van der Waals surface area contributed by atoms with E-state index in [1.54, 1.807) is 31.3 Å². The molecule has 2 N–H and O–H groups in total. The van der Waals surface area contributed by atoms with Crippen LogP contribution in [0.1, 0.15) is 35.7 Å². The number of carbonyl (C=O) groups excluding carboxylic acids is 2. The quantitative estimate of drug-likeness (QED) is 0.561. The molecule has 1 heterocycles. The van der Waals surface area contributed by atoms with Gasteiger partial charge in [-0.15, -0.1) is 0 Å². The zero-order chi connectivity index (χ0) is 20.5. The number of benzene rings is 2. The molecule has 1 aromatic heterocycles. The lowest BCUT2D eigenvalue weighted by atomic mass is 10.1. The van der Waals surface area contributed by atoms with E-state index in [1.165, 1.54) is 5.56 Å². The van der Waals surface area contributed by atoms with Gasteiger partial charge in [-0.1, -0.05) is 49.4 Å². The van der Waals surface area contributed by atoms with E-state index < -0.39 is 0 Å². The normalized spacial score (nSPS) is 10.4. The Labute approximate surface area is 171 Å². The number of anilines is 1. The highest BCUT2D eigenvalue weighted by Gasteiger charge is 2.10. The third-order valence-electron chi connectivity index (χ3n) is 4.59. The highest BCUT2D eigenvalue weighted by molar-refractivity contribution is 5.96. The predicted molar refractivity (Wildman–Crippen MR) is 116 cm³/mol. The molecule has 0 saturated heterocycles. The molecule has 0 saturated carbocycles. The number of aromatic nitrogens is 1. The average Bonchev–Trinajstić information content (AvgIpc) is 2.77. The highest BCUT2D eigenvalue weighted by Crippen LogP contribution is 2.25. The Kier molecular flexibility index (Phi) is 7.11. The van der Waals surface area contributed by atoms with Crippen LogP contribution >= 0.6 is 0 Å². The highest BCUT2D eigenvalue weighted by atomic mass is 16.2. The number of hydrogen-bond donors (Lipinski definition) is 2. The maximum atomic E-state index is 12.4. The molecule has 0 aliphatic carbocycles. The Morgan fingerprint density at radius 1 is 0.931 bits per heavy atom. The molecular weight excluding hydrogens is 362 g/mol. The lowest BCUT2D eigenvalue weighted by molar-refractivity contribution is -0.115. The van der Waals surface area contributed by atoms with E-state index in [1.807, 2.05) is 36.4 Å². The zero-order valence-electron chi connectivity index (χ0n) is 16.5. The molecular formula is C24H25N3O2.